The molecule has 4 rings (SSSR count). The highest BCUT2D eigenvalue weighted by atomic mass is 16.3. The highest BCUT2D eigenvalue weighted by Crippen LogP contribution is 2.30. The average Bonchev–Trinajstić information content (AvgIpc) is 3.04. The van der Waals surface area contributed by atoms with Gasteiger partial charge in [-0.05, 0) is 42.2 Å². The fraction of sp³-hybridized carbons (Fsp3) is 0.136. The van der Waals surface area contributed by atoms with Crippen LogP contribution in [0.1, 0.15) is 28.5 Å². The van der Waals surface area contributed by atoms with Gasteiger partial charge >= 0.3 is 0 Å². The fourth-order valence-electron chi connectivity index (χ4n) is 3.08. The van der Waals surface area contributed by atoms with Crippen LogP contribution in [0.3, 0.4) is 0 Å². The molecule has 2 heteroatoms. The third-order valence-electron chi connectivity index (χ3n) is 4.34. The van der Waals surface area contributed by atoms with Gasteiger partial charge in [-0.15, -0.1) is 0 Å². The SMILES string of the molecule is Cc1ccc2nc(C(Cc3ccccc3)c3ccccc3)oc2c1. The van der Waals surface area contributed by atoms with Crippen LogP contribution in [-0.4, -0.2) is 4.98 Å². The van der Waals surface area contributed by atoms with E-state index < -0.39 is 0 Å². The molecule has 0 radical (unpaired) electrons. The Morgan fingerprint density at radius 2 is 1.58 bits per heavy atom. The second-order valence-corrected chi connectivity index (χ2v) is 6.18. The molecule has 0 aliphatic carbocycles. The summed E-state index contributed by atoms with van der Waals surface area (Å²) in [7, 11) is 0. The van der Waals surface area contributed by atoms with Crippen LogP contribution >= 0.6 is 0 Å². The van der Waals surface area contributed by atoms with Crippen molar-refractivity contribution < 1.29 is 4.42 Å². The maximum atomic E-state index is 6.13. The molecule has 0 bridgehead atoms. The first kappa shape index (κ1) is 14.7. The summed E-state index contributed by atoms with van der Waals surface area (Å²) < 4.78 is 6.13. The first-order valence-corrected chi connectivity index (χ1v) is 8.25. The summed E-state index contributed by atoms with van der Waals surface area (Å²) in [5.41, 5.74) is 5.47. The smallest absolute Gasteiger partial charge is 0.203 e. The number of nitrogens with zero attached hydrogens (tertiary/aromatic N) is 1. The summed E-state index contributed by atoms with van der Waals surface area (Å²) in [5, 5.41) is 0. The molecule has 24 heavy (non-hydrogen) atoms. The monoisotopic (exact) mass is 313 g/mol. The third kappa shape index (κ3) is 2.95. The summed E-state index contributed by atoms with van der Waals surface area (Å²) in [4.78, 5) is 4.76. The fourth-order valence-corrected chi connectivity index (χ4v) is 3.08. The van der Waals surface area contributed by atoms with E-state index in [2.05, 4.69) is 67.6 Å². The summed E-state index contributed by atoms with van der Waals surface area (Å²) >= 11 is 0. The maximum Gasteiger partial charge on any atom is 0.203 e. The van der Waals surface area contributed by atoms with Crippen LogP contribution in [0.2, 0.25) is 0 Å². The van der Waals surface area contributed by atoms with Crippen molar-refractivity contribution in [1.82, 2.24) is 4.98 Å². The Balaban J connectivity index is 1.78. The topological polar surface area (TPSA) is 26.0 Å². The number of aryl methyl sites for hydroxylation is 1. The lowest BCUT2D eigenvalue weighted by Gasteiger charge is -2.14. The molecule has 4 aromatic rings. The molecule has 0 N–H and O–H groups in total. The number of fused-ring (bicyclic) bond motifs is 1. The maximum absolute atomic E-state index is 6.13. The molecule has 1 heterocycles. The normalized spacial score (nSPS) is 12.4. The zero-order chi connectivity index (χ0) is 16.4. The van der Waals surface area contributed by atoms with E-state index in [1.54, 1.807) is 0 Å². The van der Waals surface area contributed by atoms with Gasteiger partial charge in [0.15, 0.2) is 5.58 Å². The Kier molecular flexibility index (Phi) is 3.87. The molecule has 0 aliphatic rings. The Morgan fingerprint density at radius 1 is 0.875 bits per heavy atom. The Labute approximate surface area is 141 Å². The lowest BCUT2D eigenvalue weighted by molar-refractivity contribution is 0.497. The van der Waals surface area contributed by atoms with E-state index in [9.17, 15) is 0 Å². The van der Waals surface area contributed by atoms with Gasteiger partial charge in [0, 0.05) is 0 Å². The van der Waals surface area contributed by atoms with E-state index in [4.69, 9.17) is 9.40 Å². The largest absolute Gasteiger partial charge is 0.440 e. The van der Waals surface area contributed by atoms with Gasteiger partial charge in [0.1, 0.15) is 5.52 Å². The van der Waals surface area contributed by atoms with Crippen LogP contribution in [0, 0.1) is 6.92 Å². The van der Waals surface area contributed by atoms with Gasteiger partial charge in [-0.1, -0.05) is 66.7 Å². The molecule has 0 saturated carbocycles. The highest BCUT2D eigenvalue weighted by molar-refractivity contribution is 5.73. The summed E-state index contributed by atoms with van der Waals surface area (Å²) in [6.07, 6.45) is 0.872. The van der Waals surface area contributed by atoms with Crippen LogP contribution in [0.4, 0.5) is 0 Å². The van der Waals surface area contributed by atoms with Crippen LogP contribution in [-0.2, 0) is 6.42 Å². The molecule has 3 aromatic carbocycles. The molecule has 0 amide bonds. The van der Waals surface area contributed by atoms with Crippen molar-refractivity contribution in [2.45, 2.75) is 19.3 Å². The summed E-state index contributed by atoms with van der Waals surface area (Å²) in [6.45, 7) is 2.07. The minimum Gasteiger partial charge on any atom is -0.440 e. The predicted octanol–water partition coefficient (Wildman–Crippen LogP) is 5.51. The van der Waals surface area contributed by atoms with Crippen LogP contribution in [0.25, 0.3) is 11.1 Å². The Morgan fingerprint density at radius 3 is 2.33 bits per heavy atom. The van der Waals surface area contributed by atoms with E-state index in [-0.39, 0.29) is 5.92 Å². The molecule has 1 unspecified atom stereocenters. The molecule has 1 aromatic heterocycles. The molecule has 0 saturated heterocycles. The van der Waals surface area contributed by atoms with E-state index in [0.29, 0.717) is 0 Å². The number of benzene rings is 3. The molecule has 0 spiro atoms. The van der Waals surface area contributed by atoms with Gasteiger partial charge in [-0.3, -0.25) is 0 Å². The molecular weight excluding hydrogens is 294 g/mol. The van der Waals surface area contributed by atoms with Crippen molar-refractivity contribution in [2.75, 3.05) is 0 Å². The summed E-state index contributed by atoms with van der Waals surface area (Å²) in [5.74, 6) is 0.895. The van der Waals surface area contributed by atoms with Gasteiger partial charge in [-0.2, -0.15) is 0 Å². The van der Waals surface area contributed by atoms with Gasteiger partial charge in [-0.25, -0.2) is 4.98 Å². The Hall–Kier alpha value is -2.87. The van der Waals surface area contributed by atoms with Gasteiger partial charge in [0.2, 0.25) is 5.89 Å². The van der Waals surface area contributed by atoms with Crippen molar-refractivity contribution in [2.24, 2.45) is 0 Å². The van der Waals surface area contributed by atoms with E-state index >= 15 is 0 Å². The van der Waals surface area contributed by atoms with Crippen LogP contribution in [0.5, 0.6) is 0 Å². The lowest BCUT2D eigenvalue weighted by Crippen LogP contribution is -2.05. The first-order valence-electron chi connectivity index (χ1n) is 8.25. The zero-order valence-corrected chi connectivity index (χ0v) is 13.6. The molecule has 0 aliphatic heterocycles. The number of hydrogen-bond acceptors (Lipinski definition) is 2. The standard InChI is InChI=1S/C22H19NO/c1-16-12-13-20-21(14-16)24-22(23-20)19(18-10-6-3-7-11-18)15-17-8-4-2-5-9-17/h2-14,19H,15H2,1H3. The van der Waals surface area contributed by atoms with Crippen molar-refractivity contribution in [1.29, 1.82) is 0 Å². The second-order valence-electron chi connectivity index (χ2n) is 6.18. The summed E-state index contributed by atoms with van der Waals surface area (Å²) in [6, 6.07) is 27.1. The van der Waals surface area contributed by atoms with E-state index in [0.717, 1.165) is 23.4 Å². The minimum absolute atomic E-state index is 0.112. The third-order valence-corrected chi connectivity index (χ3v) is 4.34. The van der Waals surface area contributed by atoms with Gasteiger partial charge < -0.3 is 4.42 Å². The lowest BCUT2D eigenvalue weighted by atomic mass is 9.92. The number of rotatable bonds is 4. The first-order chi connectivity index (χ1) is 11.8. The van der Waals surface area contributed by atoms with Gasteiger partial charge in [0.25, 0.3) is 0 Å². The highest BCUT2D eigenvalue weighted by Gasteiger charge is 2.21. The molecular formula is C22H19NO. The Bertz CT molecular complexity index is 942. The molecule has 1 atom stereocenters. The van der Waals surface area contributed by atoms with E-state index in [1.165, 1.54) is 16.7 Å². The molecule has 2 nitrogen and oxygen atoms in total. The van der Waals surface area contributed by atoms with Crippen molar-refractivity contribution in [3.8, 4) is 0 Å². The number of oxazole rings is 1. The van der Waals surface area contributed by atoms with Crippen molar-refractivity contribution in [3.05, 3.63) is 101 Å². The predicted molar refractivity (Wildman–Crippen MR) is 97.2 cm³/mol. The minimum atomic E-state index is 0.112. The zero-order valence-electron chi connectivity index (χ0n) is 13.6. The van der Waals surface area contributed by atoms with Crippen LogP contribution < -0.4 is 0 Å². The number of aromatic nitrogens is 1. The van der Waals surface area contributed by atoms with Gasteiger partial charge in [0.05, 0.1) is 5.92 Å². The molecule has 118 valence electrons. The van der Waals surface area contributed by atoms with Crippen molar-refractivity contribution >= 4 is 11.1 Å². The number of hydrogen-bond donors (Lipinski definition) is 0. The van der Waals surface area contributed by atoms with Crippen LogP contribution in [0.15, 0.2) is 83.3 Å². The quantitative estimate of drug-likeness (QED) is 0.496. The molecule has 0 fully saturated rings. The second kappa shape index (κ2) is 6.32. The van der Waals surface area contributed by atoms with E-state index in [1.807, 2.05) is 18.2 Å². The van der Waals surface area contributed by atoms with Crippen molar-refractivity contribution in [3.63, 3.8) is 0 Å². The average molecular weight is 313 g/mol.